The van der Waals surface area contributed by atoms with Gasteiger partial charge in [0.15, 0.2) is 0 Å². The van der Waals surface area contributed by atoms with E-state index in [1.807, 2.05) is 19.1 Å². The van der Waals surface area contributed by atoms with E-state index >= 15 is 0 Å². The van der Waals surface area contributed by atoms with Crippen molar-refractivity contribution in [3.63, 3.8) is 0 Å². The Bertz CT molecular complexity index is 314. The Balaban J connectivity index is 2.80. The summed E-state index contributed by atoms with van der Waals surface area (Å²) in [5, 5.41) is 18.9. The number of hydrogen-bond donors (Lipinski definition) is 3. The van der Waals surface area contributed by atoms with Crippen LogP contribution in [0.3, 0.4) is 0 Å². The van der Waals surface area contributed by atoms with Crippen LogP contribution < -0.4 is 5.73 Å². The summed E-state index contributed by atoms with van der Waals surface area (Å²) in [6.45, 7) is 4.62. The lowest BCUT2D eigenvalue weighted by atomic mass is 9.87. The smallest absolute Gasteiger partial charge is 0.119 e. The highest BCUT2D eigenvalue weighted by atomic mass is 16.3. The van der Waals surface area contributed by atoms with Crippen LogP contribution in [-0.4, -0.2) is 23.4 Å². The molecule has 0 aromatic heterocycles. The van der Waals surface area contributed by atoms with Crippen molar-refractivity contribution >= 4 is 0 Å². The van der Waals surface area contributed by atoms with Crippen molar-refractivity contribution in [1.82, 2.24) is 0 Å². The number of rotatable bonds is 5. The Morgan fingerprint density at radius 2 is 2.06 bits per heavy atom. The van der Waals surface area contributed by atoms with Crippen LogP contribution in [0.4, 0.5) is 0 Å². The SMILES string of the molecule is Cc1cccc(O)c1CC(C)C(CN)CO. The van der Waals surface area contributed by atoms with Crippen molar-refractivity contribution in [2.24, 2.45) is 17.6 Å². The molecule has 0 fully saturated rings. The number of nitrogens with two attached hydrogens (primary N) is 1. The first-order chi connectivity index (χ1) is 7.60. The monoisotopic (exact) mass is 223 g/mol. The molecule has 1 aromatic carbocycles. The number of benzene rings is 1. The molecule has 1 aromatic rings. The van der Waals surface area contributed by atoms with Crippen molar-refractivity contribution in [3.8, 4) is 5.75 Å². The quantitative estimate of drug-likeness (QED) is 0.707. The third-order valence-electron chi connectivity index (χ3n) is 3.25. The molecule has 1 rings (SSSR count). The lowest BCUT2D eigenvalue weighted by Crippen LogP contribution is -2.26. The Labute approximate surface area is 96.9 Å². The summed E-state index contributed by atoms with van der Waals surface area (Å²) in [6, 6.07) is 5.52. The number of phenolic OH excluding ortho intramolecular Hbond substituents is 1. The van der Waals surface area contributed by atoms with E-state index in [1.165, 1.54) is 0 Å². The van der Waals surface area contributed by atoms with Crippen molar-refractivity contribution in [2.75, 3.05) is 13.2 Å². The minimum absolute atomic E-state index is 0.0963. The zero-order valence-corrected chi connectivity index (χ0v) is 9.98. The van der Waals surface area contributed by atoms with Crippen LogP contribution in [0.1, 0.15) is 18.1 Å². The largest absolute Gasteiger partial charge is 0.508 e. The third kappa shape index (κ3) is 2.97. The molecule has 0 heterocycles. The first-order valence-corrected chi connectivity index (χ1v) is 5.68. The molecular formula is C13H21NO2. The van der Waals surface area contributed by atoms with E-state index in [2.05, 4.69) is 6.92 Å². The standard InChI is InChI=1S/C13H21NO2/c1-9-4-3-5-13(16)12(9)6-10(2)11(7-14)8-15/h3-5,10-11,15-16H,6-8,14H2,1-2H3. The maximum Gasteiger partial charge on any atom is 0.119 e. The van der Waals surface area contributed by atoms with Gasteiger partial charge in [-0.05, 0) is 48.9 Å². The molecule has 90 valence electrons. The first kappa shape index (κ1) is 13.0. The van der Waals surface area contributed by atoms with Crippen LogP contribution in [0.25, 0.3) is 0 Å². The van der Waals surface area contributed by atoms with Crippen LogP contribution in [0.5, 0.6) is 5.75 Å². The molecule has 3 heteroatoms. The van der Waals surface area contributed by atoms with Gasteiger partial charge in [0.1, 0.15) is 5.75 Å². The van der Waals surface area contributed by atoms with Crippen LogP contribution in [0, 0.1) is 18.8 Å². The molecule has 0 aliphatic rings. The summed E-state index contributed by atoms with van der Waals surface area (Å²) in [6.07, 6.45) is 0.751. The van der Waals surface area contributed by atoms with E-state index in [0.717, 1.165) is 17.5 Å². The average molecular weight is 223 g/mol. The normalized spacial score (nSPS) is 14.8. The van der Waals surface area contributed by atoms with Gasteiger partial charge in [-0.1, -0.05) is 19.1 Å². The first-order valence-electron chi connectivity index (χ1n) is 5.68. The van der Waals surface area contributed by atoms with Gasteiger partial charge in [-0.15, -0.1) is 0 Å². The lowest BCUT2D eigenvalue weighted by Gasteiger charge is -2.21. The average Bonchev–Trinajstić information content (AvgIpc) is 2.25. The Morgan fingerprint density at radius 1 is 1.38 bits per heavy atom. The minimum atomic E-state index is 0.0963. The number of aryl methyl sites for hydroxylation is 1. The third-order valence-corrected chi connectivity index (χ3v) is 3.25. The Kier molecular flexibility index (Phi) is 4.77. The maximum atomic E-state index is 9.77. The van der Waals surface area contributed by atoms with Crippen LogP contribution in [-0.2, 0) is 6.42 Å². The maximum absolute atomic E-state index is 9.77. The van der Waals surface area contributed by atoms with Gasteiger partial charge >= 0.3 is 0 Å². The highest BCUT2D eigenvalue weighted by molar-refractivity contribution is 5.38. The molecule has 0 saturated heterocycles. The van der Waals surface area contributed by atoms with Crippen LogP contribution in [0.15, 0.2) is 18.2 Å². The zero-order chi connectivity index (χ0) is 12.1. The van der Waals surface area contributed by atoms with E-state index in [0.29, 0.717) is 12.3 Å². The minimum Gasteiger partial charge on any atom is -0.508 e. The Hall–Kier alpha value is -1.06. The summed E-state index contributed by atoms with van der Waals surface area (Å²) in [7, 11) is 0. The molecule has 3 nitrogen and oxygen atoms in total. The number of aliphatic hydroxyl groups is 1. The second kappa shape index (κ2) is 5.87. The van der Waals surface area contributed by atoms with Gasteiger partial charge < -0.3 is 15.9 Å². The van der Waals surface area contributed by atoms with Crippen molar-refractivity contribution < 1.29 is 10.2 Å². The summed E-state index contributed by atoms with van der Waals surface area (Å²) >= 11 is 0. The molecular weight excluding hydrogens is 202 g/mol. The van der Waals surface area contributed by atoms with E-state index in [9.17, 15) is 10.2 Å². The number of aromatic hydroxyl groups is 1. The van der Waals surface area contributed by atoms with E-state index in [4.69, 9.17) is 5.73 Å². The van der Waals surface area contributed by atoms with Crippen LogP contribution in [0.2, 0.25) is 0 Å². The zero-order valence-electron chi connectivity index (χ0n) is 9.98. The molecule has 0 aliphatic heterocycles. The predicted molar refractivity (Wildman–Crippen MR) is 65.3 cm³/mol. The topological polar surface area (TPSA) is 66.5 Å². The molecule has 0 spiro atoms. The van der Waals surface area contributed by atoms with Gasteiger partial charge in [-0.2, -0.15) is 0 Å². The highest BCUT2D eigenvalue weighted by Crippen LogP contribution is 2.26. The van der Waals surface area contributed by atoms with E-state index < -0.39 is 0 Å². The van der Waals surface area contributed by atoms with Gasteiger partial charge in [0.2, 0.25) is 0 Å². The molecule has 0 saturated carbocycles. The molecule has 4 N–H and O–H groups in total. The summed E-state index contributed by atoms with van der Waals surface area (Å²) in [4.78, 5) is 0. The summed E-state index contributed by atoms with van der Waals surface area (Å²) in [5.41, 5.74) is 7.64. The number of hydrogen-bond acceptors (Lipinski definition) is 3. The second-order valence-corrected chi connectivity index (χ2v) is 4.43. The van der Waals surface area contributed by atoms with E-state index in [1.54, 1.807) is 6.07 Å². The Morgan fingerprint density at radius 3 is 2.56 bits per heavy atom. The van der Waals surface area contributed by atoms with Crippen molar-refractivity contribution in [1.29, 1.82) is 0 Å². The van der Waals surface area contributed by atoms with Gasteiger partial charge in [-0.25, -0.2) is 0 Å². The van der Waals surface area contributed by atoms with Crippen LogP contribution >= 0.6 is 0 Å². The second-order valence-electron chi connectivity index (χ2n) is 4.43. The molecule has 0 bridgehead atoms. The van der Waals surface area contributed by atoms with Gasteiger partial charge in [0.25, 0.3) is 0 Å². The van der Waals surface area contributed by atoms with Gasteiger partial charge in [0.05, 0.1) is 0 Å². The molecule has 16 heavy (non-hydrogen) atoms. The van der Waals surface area contributed by atoms with Crippen molar-refractivity contribution in [3.05, 3.63) is 29.3 Å². The fourth-order valence-corrected chi connectivity index (χ4v) is 1.93. The number of phenols is 1. The lowest BCUT2D eigenvalue weighted by molar-refractivity contribution is 0.186. The molecule has 2 unspecified atom stereocenters. The predicted octanol–water partition coefficient (Wildman–Crippen LogP) is 1.45. The summed E-state index contributed by atoms with van der Waals surface area (Å²) < 4.78 is 0. The molecule has 0 amide bonds. The number of aliphatic hydroxyl groups excluding tert-OH is 1. The van der Waals surface area contributed by atoms with Gasteiger partial charge in [0, 0.05) is 6.61 Å². The molecule has 2 atom stereocenters. The summed E-state index contributed by atoms with van der Waals surface area (Å²) in [5.74, 6) is 0.696. The highest BCUT2D eigenvalue weighted by Gasteiger charge is 2.17. The molecule has 0 radical (unpaired) electrons. The van der Waals surface area contributed by atoms with Crippen molar-refractivity contribution in [2.45, 2.75) is 20.3 Å². The van der Waals surface area contributed by atoms with E-state index in [-0.39, 0.29) is 18.4 Å². The fraction of sp³-hybridized carbons (Fsp3) is 0.538. The fourth-order valence-electron chi connectivity index (χ4n) is 1.93. The van der Waals surface area contributed by atoms with Gasteiger partial charge in [-0.3, -0.25) is 0 Å². The molecule has 0 aliphatic carbocycles.